The maximum absolute atomic E-state index is 4.98. The zero-order valence-electron chi connectivity index (χ0n) is 9.78. The number of hydrogen-bond donors (Lipinski definition) is 1. The van der Waals surface area contributed by atoms with Crippen LogP contribution in [0.25, 0.3) is 0 Å². The Kier molecular flexibility index (Phi) is 4.98. The fourth-order valence-corrected chi connectivity index (χ4v) is 1.68. The summed E-state index contributed by atoms with van der Waals surface area (Å²) in [5.74, 6) is 1.46. The lowest BCUT2D eigenvalue weighted by Gasteiger charge is -2.15. The summed E-state index contributed by atoms with van der Waals surface area (Å²) in [7, 11) is 1.69. The van der Waals surface area contributed by atoms with Crippen molar-refractivity contribution < 1.29 is 4.74 Å². The Morgan fingerprint density at radius 2 is 2.13 bits per heavy atom. The zero-order valence-corrected chi connectivity index (χ0v) is 10.6. The molecule has 0 fully saturated rings. The molecule has 0 amide bonds. The largest absolute Gasteiger partial charge is 0.384 e. The van der Waals surface area contributed by atoms with E-state index in [9.17, 15) is 0 Å². The molecule has 0 aliphatic carbocycles. The number of aromatic nitrogens is 2. The van der Waals surface area contributed by atoms with Gasteiger partial charge in [0, 0.05) is 31.1 Å². The summed E-state index contributed by atoms with van der Waals surface area (Å²) in [6.45, 7) is 7.20. The van der Waals surface area contributed by atoms with Crippen LogP contribution in [0.2, 0.25) is 0 Å². The van der Waals surface area contributed by atoms with Gasteiger partial charge in [-0.05, 0) is 12.8 Å². The van der Waals surface area contributed by atoms with Gasteiger partial charge in [-0.25, -0.2) is 4.98 Å². The lowest BCUT2D eigenvalue weighted by molar-refractivity contribution is 0.201. The van der Waals surface area contributed by atoms with Gasteiger partial charge in [-0.15, -0.1) is 0 Å². The molecule has 0 radical (unpaired) electrons. The molecule has 5 heteroatoms. The van der Waals surface area contributed by atoms with Crippen molar-refractivity contribution in [1.29, 1.82) is 0 Å². The van der Waals surface area contributed by atoms with E-state index in [2.05, 4.69) is 35.4 Å². The third-order valence-corrected chi connectivity index (χ3v) is 3.03. The average Bonchev–Trinajstić information content (AvgIpc) is 2.62. The highest BCUT2D eigenvalue weighted by Gasteiger charge is 2.09. The van der Waals surface area contributed by atoms with Crippen LogP contribution in [0.3, 0.4) is 0 Å². The Morgan fingerprint density at radius 1 is 1.40 bits per heavy atom. The molecule has 1 atom stereocenters. The first-order valence-corrected chi connectivity index (χ1v) is 5.99. The number of nitrogens with one attached hydrogen (secondary N) is 1. The van der Waals surface area contributed by atoms with Crippen molar-refractivity contribution in [3.63, 3.8) is 0 Å². The molecule has 1 rings (SSSR count). The summed E-state index contributed by atoms with van der Waals surface area (Å²) in [5, 5.41) is 4.25. The fraction of sp³-hybridized carbons (Fsp3) is 0.800. The molecule has 1 unspecified atom stereocenters. The van der Waals surface area contributed by atoms with Crippen LogP contribution < -0.4 is 5.32 Å². The normalized spacial score (nSPS) is 13.1. The number of anilines is 1. The molecule has 0 saturated heterocycles. The molecular weight excluding hydrogens is 210 g/mol. The molecule has 0 aliphatic rings. The van der Waals surface area contributed by atoms with Gasteiger partial charge in [0.15, 0.2) is 0 Å². The van der Waals surface area contributed by atoms with Crippen LogP contribution in [0, 0.1) is 5.92 Å². The van der Waals surface area contributed by atoms with Crippen LogP contribution >= 0.6 is 11.5 Å². The van der Waals surface area contributed by atoms with Gasteiger partial charge in [0.25, 0.3) is 0 Å². The molecular formula is C10H19N3OS. The summed E-state index contributed by atoms with van der Waals surface area (Å²) in [6.07, 6.45) is 0.782. The van der Waals surface area contributed by atoms with Gasteiger partial charge >= 0.3 is 0 Å². The van der Waals surface area contributed by atoms with Crippen molar-refractivity contribution in [2.24, 2.45) is 5.92 Å². The molecule has 0 aliphatic heterocycles. The van der Waals surface area contributed by atoms with Gasteiger partial charge in [0.2, 0.25) is 5.13 Å². The van der Waals surface area contributed by atoms with Gasteiger partial charge in [0.05, 0.1) is 6.61 Å². The molecule has 0 spiro atoms. The standard InChI is InChI=1S/C10H19N3OS/c1-7(2)8(3)11-10-12-9(13-15-10)5-6-14-4/h7-8H,5-6H2,1-4H3,(H,11,12,13). The first-order chi connectivity index (χ1) is 7.13. The Balaban J connectivity index is 2.45. The number of ether oxygens (including phenoxy) is 1. The first kappa shape index (κ1) is 12.4. The Hall–Kier alpha value is -0.680. The highest BCUT2D eigenvalue weighted by Crippen LogP contribution is 2.15. The molecule has 0 aromatic carbocycles. The second kappa shape index (κ2) is 6.02. The Bertz CT molecular complexity index is 288. The van der Waals surface area contributed by atoms with Crippen LogP contribution in [0.1, 0.15) is 26.6 Å². The maximum Gasteiger partial charge on any atom is 0.202 e. The van der Waals surface area contributed by atoms with Crippen LogP contribution in [0.4, 0.5) is 5.13 Å². The molecule has 1 aromatic rings. The maximum atomic E-state index is 4.98. The smallest absolute Gasteiger partial charge is 0.202 e. The van der Waals surface area contributed by atoms with Crippen molar-refractivity contribution in [3.05, 3.63) is 5.82 Å². The van der Waals surface area contributed by atoms with Crippen LogP contribution in [-0.2, 0) is 11.2 Å². The topological polar surface area (TPSA) is 47.0 Å². The number of methoxy groups -OCH3 is 1. The molecule has 0 saturated carbocycles. The molecule has 1 aromatic heterocycles. The predicted molar refractivity (Wildman–Crippen MR) is 63.4 cm³/mol. The van der Waals surface area contributed by atoms with E-state index in [1.165, 1.54) is 11.5 Å². The summed E-state index contributed by atoms with van der Waals surface area (Å²) >= 11 is 1.42. The first-order valence-electron chi connectivity index (χ1n) is 5.21. The summed E-state index contributed by atoms with van der Waals surface area (Å²) in [4.78, 5) is 4.39. The molecule has 15 heavy (non-hydrogen) atoms. The minimum Gasteiger partial charge on any atom is -0.384 e. The summed E-state index contributed by atoms with van der Waals surface area (Å²) in [5.41, 5.74) is 0. The van der Waals surface area contributed by atoms with E-state index in [1.807, 2.05) is 0 Å². The Morgan fingerprint density at radius 3 is 2.73 bits per heavy atom. The quantitative estimate of drug-likeness (QED) is 0.812. The van der Waals surface area contributed by atoms with Crippen molar-refractivity contribution >= 4 is 16.7 Å². The number of hydrogen-bond acceptors (Lipinski definition) is 5. The minimum absolute atomic E-state index is 0.424. The van der Waals surface area contributed by atoms with Gasteiger partial charge in [-0.2, -0.15) is 4.37 Å². The monoisotopic (exact) mass is 229 g/mol. The lowest BCUT2D eigenvalue weighted by Crippen LogP contribution is -2.21. The van der Waals surface area contributed by atoms with E-state index >= 15 is 0 Å². The van der Waals surface area contributed by atoms with Crippen LogP contribution in [0.15, 0.2) is 0 Å². The molecule has 0 bridgehead atoms. The van der Waals surface area contributed by atoms with E-state index in [0.717, 1.165) is 17.4 Å². The van der Waals surface area contributed by atoms with E-state index in [0.29, 0.717) is 18.6 Å². The second-order valence-electron chi connectivity index (χ2n) is 3.94. The van der Waals surface area contributed by atoms with Crippen molar-refractivity contribution in [2.75, 3.05) is 19.0 Å². The molecule has 1 heterocycles. The van der Waals surface area contributed by atoms with Crippen molar-refractivity contribution in [2.45, 2.75) is 33.2 Å². The van der Waals surface area contributed by atoms with Crippen molar-refractivity contribution in [1.82, 2.24) is 9.36 Å². The second-order valence-corrected chi connectivity index (χ2v) is 4.69. The Labute approximate surface area is 95.2 Å². The van der Waals surface area contributed by atoms with Crippen LogP contribution in [0.5, 0.6) is 0 Å². The lowest BCUT2D eigenvalue weighted by atomic mass is 10.1. The molecule has 1 N–H and O–H groups in total. The zero-order chi connectivity index (χ0) is 11.3. The summed E-state index contributed by atoms with van der Waals surface area (Å²) < 4.78 is 9.23. The average molecular weight is 229 g/mol. The van der Waals surface area contributed by atoms with E-state index in [-0.39, 0.29) is 0 Å². The van der Waals surface area contributed by atoms with Gasteiger partial charge in [-0.1, -0.05) is 13.8 Å². The SMILES string of the molecule is COCCc1nsc(NC(C)C(C)C)n1. The third-order valence-electron chi connectivity index (χ3n) is 2.35. The van der Waals surface area contributed by atoms with Gasteiger partial charge in [-0.3, -0.25) is 0 Å². The number of nitrogens with zero attached hydrogens (tertiary/aromatic N) is 2. The van der Waals surface area contributed by atoms with E-state index < -0.39 is 0 Å². The third kappa shape index (κ3) is 4.13. The van der Waals surface area contributed by atoms with Gasteiger partial charge < -0.3 is 10.1 Å². The fourth-order valence-electron chi connectivity index (χ4n) is 0.969. The summed E-state index contributed by atoms with van der Waals surface area (Å²) in [6, 6.07) is 0.424. The predicted octanol–water partition coefficient (Wildman–Crippen LogP) is 2.18. The van der Waals surface area contributed by atoms with Crippen molar-refractivity contribution in [3.8, 4) is 0 Å². The molecule has 86 valence electrons. The minimum atomic E-state index is 0.424. The highest BCUT2D eigenvalue weighted by atomic mass is 32.1. The number of rotatable bonds is 6. The van der Waals surface area contributed by atoms with Gasteiger partial charge in [0.1, 0.15) is 5.82 Å². The highest BCUT2D eigenvalue weighted by molar-refractivity contribution is 7.09. The van der Waals surface area contributed by atoms with E-state index in [1.54, 1.807) is 7.11 Å². The van der Waals surface area contributed by atoms with E-state index in [4.69, 9.17) is 4.74 Å². The van der Waals surface area contributed by atoms with Crippen LogP contribution in [-0.4, -0.2) is 29.1 Å². The molecule has 4 nitrogen and oxygen atoms in total.